The van der Waals surface area contributed by atoms with Crippen LogP contribution in [0, 0.1) is 18.6 Å². The number of rotatable bonds is 9. The van der Waals surface area contributed by atoms with Crippen LogP contribution < -0.4 is 15.4 Å². The molecule has 0 spiro atoms. The first-order chi connectivity index (χ1) is 25.7. The van der Waals surface area contributed by atoms with Crippen LogP contribution in [0.4, 0.5) is 20.2 Å². The second-order valence-electron chi connectivity index (χ2n) is 15.6. The predicted molar refractivity (Wildman–Crippen MR) is 211 cm³/mol. The number of imidazole rings is 1. The maximum absolute atomic E-state index is 18.1. The van der Waals surface area contributed by atoms with E-state index < -0.39 is 17.2 Å². The monoisotopic (exact) mass is 737 g/mol. The van der Waals surface area contributed by atoms with Crippen LogP contribution in [0.25, 0.3) is 38.8 Å². The van der Waals surface area contributed by atoms with E-state index in [0.29, 0.717) is 76.8 Å². The van der Waals surface area contributed by atoms with Gasteiger partial charge in [0.05, 0.1) is 57.2 Å². The third kappa shape index (κ3) is 6.02. The third-order valence-corrected chi connectivity index (χ3v) is 10.9. The number of halogens is 2. The van der Waals surface area contributed by atoms with E-state index in [9.17, 15) is 4.79 Å². The Hall–Kier alpha value is -5.17. The maximum atomic E-state index is 18.1. The van der Waals surface area contributed by atoms with Gasteiger partial charge in [-0.1, -0.05) is 40.3 Å². The van der Waals surface area contributed by atoms with Crippen LogP contribution in [0.2, 0.25) is 0 Å². The van der Waals surface area contributed by atoms with E-state index in [-0.39, 0.29) is 46.3 Å². The number of benzene rings is 2. The molecule has 1 N–H and O–H groups in total. The number of amides is 1. The molecule has 0 aliphatic carbocycles. The summed E-state index contributed by atoms with van der Waals surface area (Å²) >= 11 is 0. The molecule has 2 aromatic carbocycles. The van der Waals surface area contributed by atoms with E-state index in [4.69, 9.17) is 0 Å². The summed E-state index contributed by atoms with van der Waals surface area (Å²) in [4.78, 5) is 53.6. The SMILES string of the molecule is C=CC(=O)N1CC2CN(CCCN(C)C)c3c(c4cc(F)c(-c5c(C)ccc6[nH]cnc56)c(F)c4n(-c4c(C(C)C)ncnc4C(C)C)c3=O)N2CC1C. The van der Waals surface area contributed by atoms with E-state index >= 15 is 13.6 Å². The van der Waals surface area contributed by atoms with Crippen LogP contribution in [0.1, 0.15) is 69.8 Å². The molecule has 13 heteroatoms. The van der Waals surface area contributed by atoms with Crippen LogP contribution in [0.3, 0.4) is 0 Å². The van der Waals surface area contributed by atoms with Gasteiger partial charge in [0.2, 0.25) is 5.91 Å². The highest BCUT2D eigenvalue weighted by Crippen LogP contribution is 2.46. The zero-order chi connectivity index (χ0) is 38.7. The molecule has 7 rings (SSSR count). The van der Waals surface area contributed by atoms with Gasteiger partial charge in [-0.25, -0.2) is 23.7 Å². The normalized spacial score (nSPS) is 17.3. The summed E-state index contributed by atoms with van der Waals surface area (Å²) in [5.41, 5.74) is 3.71. The largest absolute Gasteiger partial charge is 0.363 e. The fraction of sp³-hybridized carbons (Fsp3) is 0.439. The first kappa shape index (κ1) is 37.2. The van der Waals surface area contributed by atoms with E-state index in [1.807, 2.05) is 54.8 Å². The number of pyridine rings is 1. The summed E-state index contributed by atoms with van der Waals surface area (Å²) in [5, 5.41) is 0.265. The summed E-state index contributed by atoms with van der Waals surface area (Å²) in [5.74, 6) is -2.12. The lowest BCUT2D eigenvalue weighted by atomic mass is 9.93. The zero-order valence-electron chi connectivity index (χ0n) is 32.4. The quantitative estimate of drug-likeness (QED) is 0.171. The zero-order valence-corrected chi connectivity index (χ0v) is 32.4. The molecule has 2 aliphatic rings. The Kier molecular flexibility index (Phi) is 9.80. The number of hydrogen-bond acceptors (Lipinski definition) is 8. The predicted octanol–water partition coefficient (Wildman–Crippen LogP) is 6.52. The summed E-state index contributed by atoms with van der Waals surface area (Å²) in [6.07, 6.45) is 5.05. The standard InChI is InChI=1S/C41H49F2N9O2/c1-10-30(53)50-19-26-18-49(15-11-14-48(8)9)40-38(51(26)17-25(50)7)27-16-28(42)32(31-24(6)12-13-29-36(31)47-20-44-29)33(43)37(27)52(41(40)54)39-34(22(2)3)45-21-46-35(39)23(4)5/h10,12-13,16,20-23,25-26H,1,11,14-15,17-19H2,2-9H3,(H,44,47). The van der Waals surface area contributed by atoms with Crippen LogP contribution in [0.5, 0.6) is 0 Å². The summed E-state index contributed by atoms with van der Waals surface area (Å²) in [6.45, 7) is 17.8. The second kappa shape index (κ2) is 14.2. The summed E-state index contributed by atoms with van der Waals surface area (Å²) in [6, 6.07) is 4.51. The van der Waals surface area contributed by atoms with Crippen molar-refractivity contribution in [3.8, 4) is 16.8 Å². The molecule has 3 aromatic heterocycles. The molecule has 284 valence electrons. The highest BCUT2D eigenvalue weighted by molar-refractivity contribution is 6.05. The van der Waals surface area contributed by atoms with Crippen molar-refractivity contribution in [2.45, 2.75) is 71.9 Å². The second-order valence-corrected chi connectivity index (χ2v) is 15.6. The van der Waals surface area contributed by atoms with Crippen molar-refractivity contribution in [2.75, 3.05) is 56.6 Å². The lowest BCUT2D eigenvalue weighted by Gasteiger charge is -2.52. The molecule has 11 nitrogen and oxygen atoms in total. The smallest absolute Gasteiger partial charge is 0.281 e. The van der Waals surface area contributed by atoms with Crippen molar-refractivity contribution in [1.29, 1.82) is 0 Å². The number of aromatic nitrogens is 5. The number of H-pyrrole nitrogens is 1. The van der Waals surface area contributed by atoms with E-state index in [1.54, 1.807) is 17.9 Å². The van der Waals surface area contributed by atoms with E-state index in [1.165, 1.54) is 29.4 Å². The number of fused-ring (bicyclic) bond motifs is 6. The maximum Gasteiger partial charge on any atom is 0.281 e. The first-order valence-corrected chi connectivity index (χ1v) is 18.7. The minimum absolute atomic E-state index is 0.0492. The molecule has 2 aliphatic heterocycles. The Labute approximate surface area is 314 Å². The Morgan fingerprint density at radius 2 is 1.72 bits per heavy atom. The first-order valence-electron chi connectivity index (χ1n) is 18.7. The number of carbonyl (C=O) groups is 1. The summed E-state index contributed by atoms with van der Waals surface area (Å²) < 4.78 is 36.7. The van der Waals surface area contributed by atoms with Gasteiger partial charge in [-0.3, -0.25) is 14.2 Å². The highest BCUT2D eigenvalue weighted by atomic mass is 19.1. The van der Waals surface area contributed by atoms with Gasteiger partial charge in [-0.15, -0.1) is 0 Å². The van der Waals surface area contributed by atoms with Crippen molar-refractivity contribution >= 4 is 39.2 Å². The van der Waals surface area contributed by atoms with E-state index in [2.05, 4.69) is 41.2 Å². The minimum Gasteiger partial charge on any atom is -0.363 e. The average molecular weight is 738 g/mol. The Morgan fingerprint density at radius 3 is 2.37 bits per heavy atom. The number of anilines is 2. The van der Waals surface area contributed by atoms with Gasteiger partial charge < -0.3 is 24.6 Å². The molecular formula is C41H49F2N9O2. The Bertz CT molecular complexity index is 2320. The van der Waals surface area contributed by atoms with Gasteiger partial charge >= 0.3 is 0 Å². The molecule has 0 bridgehead atoms. The lowest BCUT2D eigenvalue weighted by Crippen LogP contribution is -2.64. The molecule has 2 atom stereocenters. The highest BCUT2D eigenvalue weighted by Gasteiger charge is 2.43. The van der Waals surface area contributed by atoms with Crippen LogP contribution in [0.15, 0.2) is 48.3 Å². The molecule has 2 unspecified atom stereocenters. The van der Waals surface area contributed by atoms with Gasteiger partial charge in [0.15, 0.2) is 5.82 Å². The number of nitrogens with zero attached hydrogens (tertiary/aromatic N) is 8. The average Bonchev–Trinajstić information content (AvgIpc) is 3.61. The molecule has 0 radical (unpaired) electrons. The molecule has 0 saturated carbocycles. The molecule has 5 aromatic rings. The fourth-order valence-corrected chi connectivity index (χ4v) is 8.39. The van der Waals surface area contributed by atoms with Gasteiger partial charge in [0.25, 0.3) is 5.56 Å². The van der Waals surface area contributed by atoms with Gasteiger partial charge in [0.1, 0.15) is 17.8 Å². The number of hydrogen-bond donors (Lipinski definition) is 1. The van der Waals surface area contributed by atoms with Gasteiger partial charge in [0, 0.05) is 43.2 Å². The van der Waals surface area contributed by atoms with Crippen molar-refractivity contribution in [3.63, 3.8) is 0 Å². The van der Waals surface area contributed by atoms with Crippen LogP contribution in [-0.4, -0.2) is 99.1 Å². The van der Waals surface area contributed by atoms with Crippen LogP contribution in [-0.2, 0) is 4.79 Å². The number of aryl methyl sites for hydroxylation is 1. The van der Waals surface area contributed by atoms with Gasteiger partial charge in [-0.2, -0.15) is 0 Å². The molecule has 5 heterocycles. The molecule has 54 heavy (non-hydrogen) atoms. The molecule has 1 amide bonds. The molecular weight excluding hydrogens is 689 g/mol. The minimum atomic E-state index is -0.869. The topological polar surface area (TPSA) is 106 Å². The molecule has 1 fully saturated rings. The number of nitrogens with one attached hydrogen (secondary N) is 1. The molecule has 1 saturated heterocycles. The number of carbonyl (C=O) groups excluding carboxylic acids is 1. The van der Waals surface area contributed by atoms with Crippen molar-refractivity contribution in [3.05, 3.63) is 82.4 Å². The van der Waals surface area contributed by atoms with Crippen molar-refractivity contribution in [1.82, 2.24) is 34.3 Å². The summed E-state index contributed by atoms with van der Waals surface area (Å²) in [7, 11) is 4.00. The van der Waals surface area contributed by atoms with Gasteiger partial charge in [-0.05, 0) is 76.5 Å². The van der Waals surface area contributed by atoms with Crippen molar-refractivity contribution < 1.29 is 13.6 Å². The Balaban J connectivity index is 1.64. The fourth-order valence-electron chi connectivity index (χ4n) is 8.39. The number of aromatic amines is 1. The van der Waals surface area contributed by atoms with E-state index in [0.717, 1.165) is 13.0 Å². The number of piperazine rings is 1. The van der Waals surface area contributed by atoms with Crippen molar-refractivity contribution in [2.24, 2.45) is 0 Å². The Morgan fingerprint density at radius 1 is 1.02 bits per heavy atom. The third-order valence-electron chi connectivity index (χ3n) is 10.9. The lowest BCUT2D eigenvalue weighted by molar-refractivity contribution is -0.128. The van der Waals surface area contributed by atoms with Crippen LogP contribution >= 0.6 is 0 Å².